The number of benzene rings is 2. The second-order valence-electron chi connectivity index (χ2n) is 4.60. The van der Waals surface area contributed by atoms with Gasteiger partial charge in [0.2, 0.25) is 0 Å². The minimum absolute atomic E-state index is 0.223. The Morgan fingerprint density at radius 2 is 2.05 bits per heavy atom. The molecule has 0 aliphatic rings. The van der Waals surface area contributed by atoms with Crippen LogP contribution in [0.15, 0.2) is 42.5 Å². The second kappa shape index (κ2) is 4.70. The van der Waals surface area contributed by atoms with E-state index in [1.807, 2.05) is 25.1 Å². The molecule has 100 valence electrons. The number of aromatic amines is 1. The predicted octanol–water partition coefficient (Wildman–Crippen LogP) is 2.71. The number of carbonyl (C=O) groups is 1. The third-order valence-corrected chi connectivity index (χ3v) is 3.06. The minimum Gasteiger partial charge on any atom is -0.398 e. The third-order valence-electron chi connectivity index (χ3n) is 3.06. The standard InChI is InChI=1S/C15H14N4O/c1-9-17-13-7-6-10(8-14(13)18-9)19-15(20)11-4-2-3-5-12(11)16/h2-8H,16H2,1H3,(H,17,18)(H,19,20). The van der Waals surface area contributed by atoms with Crippen LogP contribution in [0.5, 0.6) is 0 Å². The molecule has 0 atom stereocenters. The number of aromatic nitrogens is 2. The van der Waals surface area contributed by atoms with E-state index in [2.05, 4.69) is 15.3 Å². The summed E-state index contributed by atoms with van der Waals surface area (Å²) >= 11 is 0. The van der Waals surface area contributed by atoms with Crippen molar-refractivity contribution in [2.45, 2.75) is 6.92 Å². The first-order valence-corrected chi connectivity index (χ1v) is 6.26. The number of carbonyl (C=O) groups excluding carboxylic acids is 1. The van der Waals surface area contributed by atoms with Crippen LogP contribution in [-0.2, 0) is 0 Å². The van der Waals surface area contributed by atoms with Crippen molar-refractivity contribution < 1.29 is 4.79 Å². The average molecular weight is 266 g/mol. The Kier molecular flexibility index (Phi) is 2.87. The van der Waals surface area contributed by atoms with Crippen LogP contribution in [0.1, 0.15) is 16.2 Å². The third kappa shape index (κ3) is 2.21. The van der Waals surface area contributed by atoms with Gasteiger partial charge in [-0.05, 0) is 37.3 Å². The molecule has 1 amide bonds. The Morgan fingerprint density at radius 3 is 2.85 bits per heavy atom. The molecule has 20 heavy (non-hydrogen) atoms. The number of rotatable bonds is 2. The Hall–Kier alpha value is -2.82. The van der Waals surface area contributed by atoms with Crippen LogP contribution in [0.2, 0.25) is 0 Å². The molecule has 4 N–H and O–H groups in total. The SMILES string of the molecule is Cc1nc2ccc(NC(=O)c3ccccc3N)cc2[nH]1. The Balaban J connectivity index is 1.89. The molecular formula is C15H14N4O. The van der Waals surface area contributed by atoms with E-state index in [0.717, 1.165) is 16.9 Å². The van der Waals surface area contributed by atoms with Crippen LogP contribution in [0, 0.1) is 6.92 Å². The normalized spacial score (nSPS) is 10.7. The lowest BCUT2D eigenvalue weighted by Gasteiger charge is -2.07. The van der Waals surface area contributed by atoms with Gasteiger partial charge in [0.15, 0.2) is 0 Å². The van der Waals surface area contributed by atoms with E-state index in [0.29, 0.717) is 16.9 Å². The van der Waals surface area contributed by atoms with Gasteiger partial charge in [-0.15, -0.1) is 0 Å². The van der Waals surface area contributed by atoms with Crippen molar-refractivity contribution in [2.24, 2.45) is 0 Å². The van der Waals surface area contributed by atoms with Crippen LogP contribution < -0.4 is 11.1 Å². The van der Waals surface area contributed by atoms with E-state index in [1.165, 1.54) is 0 Å². The maximum absolute atomic E-state index is 12.2. The topological polar surface area (TPSA) is 83.8 Å². The van der Waals surface area contributed by atoms with Crippen LogP contribution in [0.25, 0.3) is 11.0 Å². The van der Waals surface area contributed by atoms with E-state index < -0.39 is 0 Å². The van der Waals surface area contributed by atoms with Crippen LogP contribution in [-0.4, -0.2) is 15.9 Å². The van der Waals surface area contributed by atoms with Gasteiger partial charge in [0, 0.05) is 11.4 Å². The summed E-state index contributed by atoms with van der Waals surface area (Å²) in [6.45, 7) is 1.89. The van der Waals surface area contributed by atoms with Gasteiger partial charge in [0.05, 0.1) is 16.6 Å². The monoisotopic (exact) mass is 266 g/mol. The Labute approximate surface area is 115 Å². The molecule has 1 aromatic heterocycles. The molecule has 5 heteroatoms. The average Bonchev–Trinajstić information content (AvgIpc) is 2.78. The summed E-state index contributed by atoms with van der Waals surface area (Å²) in [5.41, 5.74) is 9.19. The zero-order chi connectivity index (χ0) is 14.1. The van der Waals surface area contributed by atoms with E-state index in [4.69, 9.17) is 5.73 Å². The Morgan fingerprint density at radius 1 is 1.25 bits per heavy atom. The fourth-order valence-electron chi connectivity index (χ4n) is 2.12. The number of amides is 1. The van der Waals surface area contributed by atoms with Crippen molar-refractivity contribution >= 4 is 28.3 Å². The lowest BCUT2D eigenvalue weighted by atomic mass is 10.1. The quantitative estimate of drug-likeness (QED) is 0.623. The first-order valence-electron chi connectivity index (χ1n) is 6.26. The van der Waals surface area contributed by atoms with Crippen molar-refractivity contribution in [1.29, 1.82) is 0 Å². The highest BCUT2D eigenvalue weighted by atomic mass is 16.1. The molecule has 2 aromatic carbocycles. The van der Waals surface area contributed by atoms with Crippen molar-refractivity contribution in [3.63, 3.8) is 0 Å². The molecule has 1 heterocycles. The van der Waals surface area contributed by atoms with Gasteiger partial charge < -0.3 is 16.0 Å². The van der Waals surface area contributed by atoms with Crippen molar-refractivity contribution in [1.82, 2.24) is 9.97 Å². The van der Waals surface area contributed by atoms with Gasteiger partial charge in [-0.2, -0.15) is 0 Å². The zero-order valence-corrected chi connectivity index (χ0v) is 11.0. The van der Waals surface area contributed by atoms with E-state index in [9.17, 15) is 4.79 Å². The lowest BCUT2D eigenvalue weighted by molar-refractivity contribution is 0.102. The minimum atomic E-state index is -0.223. The predicted molar refractivity (Wildman–Crippen MR) is 79.6 cm³/mol. The molecule has 5 nitrogen and oxygen atoms in total. The number of aryl methyl sites for hydroxylation is 1. The molecule has 0 saturated heterocycles. The fraction of sp³-hybridized carbons (Fsp3) is 0.0667. The van der Waals surface area contributed by atoms with Gasteiger partial charge in [-0.25, -0.2) is 4.98 Å². The molecule has 0 saturated carbocycles. The molecule has 0 fully saturated rings. The maximum atomic E-state index is 12.2. The molecule has 0 aliphatic carbocycles. The molecule has 0 radical (unpaired) electrons. The summed E-state index contributed by atoms with van der Waals surface area (Å²) in [6, 6.07) is 12.5. The van der Waals surface area contributed by atoms with Crippen molar-refractivity contribution in [3.8, 4) is 0 Å². The molecule has 0 unspecified atom stereocenters. The van der Waals surface area contributed by atoms with Gasteiger partial charge in [-0.1, -0.05) is 12.1 Å². The summed E-state index contributed by atoms with van der Waals surface area (Å²) in [4.78, 5) is 19.6. The van der Waals surface area contributed by atoms with E-state index in [-0.39, 0.29) is 5.91 Å². The number of para-hydroxylation sites is 1. The second-order valence-corrected chi connectivity index (χ2v) is 4.60. The number of nitrogens with two attached hydrogens (primary N) is 1. The number of hydrogen-bond donors (Lipinski definition) is 3. The van der Waals surface area contributed by atoms with E-state index in [1.54, 1.807) is 24.3 Å². The Bertz CT molecular complexity index is 791. The summed E-state index contributed by atoms with van der Waals surface area (Å²) in [6.07, 6.45) is 0. The molecule has 3 aromatic rings. The highest BCUT2D eigenvalue weighted by Crippen LogP contribution is 2.19. The smallest absolute Gasteiger partial charge is 0.257 e. The summed E-state index contributed by atoms with van der Waals surface area (Å²) in [5, 5.41) is 2.83. The first kappa shape index (κ1) is 12.2. The lowest BCUT2D eigenvalue weighted by Crippen LogP contribution is -2.13. The largest absolute Gasteiger partial charge is 0.398 e. The van der Waals surface area contributed by atoms with Crippen molar-refractivity contribution in [3.05, 3.63) is 53.9 Å². The van der Waals surface area contributed by atoms with Gasteiger partial charge in [0.25, 0.3) is 5.91 Å². The van der Waals surface area contributed by atoms with Gasteiger partial charge >= 0.3 is 0 Å². The molecule has 0 bridgehead atoms. The molecule has 0 spiro atoms. The number of nitrogen functional groups attached to an aromatic ring is 1. The summed E-state index contributed by atoms with van der Waals surface area (Å²) < 4.78 is 0. The highest BCUT2D eigenvalue weighted by Gasteiger charge is 2.09. The van der Waals surface area contributed by atoms with Crippen LogP contribution in [0.3, 0.4) is 0 Å². The van der Waals surface area contributed by atoms with Crippen molar-refractivity contribution in [2.75, 3.05) is 11.1 Å². The highest BCUT2D eigenvalue weighted by molar-refractivity contribution is 6.08. The molecule has 0 aliphatic heterocycles. The fourth-order valence-corrected chi connectivity index (χ4v) is 2.12. The van der Waals surface area contributed by atoms with E-state index >= 15 is 0 Å². The first-order chi connectivity index (χ1) is 9.63. The number of hydrogen-bond acceptors (Lipinski definition) is 3. The van der Waals surface area contributed by atoms with Gasteiger partial charge in [-0.3, -0.25) is 4.79 Å². The number of nitrogens with one attached hydrogen (secondary N) is 2. The van der Waals surface area contributed by atoms with Crippen LogP contribution >= 0.6 is 0 Å². The molecular weight excluding hydrogens is 252 g/mol. The van der Waals surface area contributed by atoms with Crippen LogP contribution in [0.4, 0.5) is 11.4 Å². The number of imidazole rings is 1. The summed E-state index contributed by atoms with van der Waals surface area (Å²) in [7, 11) is 0. The molecule has 3 rings (SSSR count). The number of fused-ring (bicyclic) bond motifs is 1. The summed E-state index contributed by atoms with van der Waals surface area (Å²) in [5.74, 6) is 0.620. The number of nitrogens with zero attached hydrogens (tertiary/aromatic N) is 1. The van der Waals surface area contributed by atoms with Gasteiger partial charge in [0.1, 0.15) is 5.82 Å². The maximum Gasteiger partial charge on any atom is 0.257 e. The number of anilines is 2. The number of H-pyrrole nitrogens is 1. The zero-order valence-electron chi connectivity index (χ0n) is 11.0.